The minimum atomic E-state index is -0.464. The maximum atomic E-state index is 10.2. The lowest BCUT2D eigenvalue weighted by Gasteiger charge is -2.36. The summed E-state index contributed by atoms with van der Waals surface area (Å²) >= 11 is 0. The molecule has 2 aromatic rings. The quantitative estimate of drug-likeness (QED) is 0.885. The van der Waals surface area contributed by atoms with Gasteiger partial charge in [0.05, 0.1) is 0 Å². The molecular formula is C20H26N2O2. The number of nitrogens with zero attached hydrogens (tertiary/aromatic N) is 2. The van der Waals surface area contributed by atoms with Gasteiger partial charge in [0.25, 0.3) is 0 Å². The van der Waals surface area contributed by atoms with Gasteiger partial charge < -0.3 is 14.7 Å². The maximum absolute atomic E-state index is 10.2. The second-order valence-corrected chi connectivity index (χ2v) is 6.40. The minimum absolute atomic E-state index is 0.336. The third-order valence-electron chi connectivity index (χ3n) is 4.39. The number of anilines is 1. The summed E-state index contributed by atoms with van der Waals surface area (Å²) in [6, 6.07) is 18.4. The first-order valence-corrected chi connectivity index (χ1v) is 8.60. The molecule has 0 spiro atoms. The van der Waals surface area contributed by atoms with Crippen molar-refractivity contribution in [1.29, 1.82) is 0 Å². The summed E-state index contributed by atoms with van der Waals surface area (Å²) in [6.45, 7) is 6.96. The molecule has 3 rings (SSSR count). The van der Waals surface area contributed by atoms with Gasteiger partial charge in [-0.05, 0) is 36.8 Å². The number of piperazine rings is 1. The van der Waals surface area contributed by atoms with E-state index >= 15 is 0 Å². The Labute approximate surface area is 144 Å². The standard InChI is InChI=1S/C20H26N2O2/c1-17-6-5-9-20(14-17)24-16-19(23)15-21-10-12-22(13-11-21)18-7-3-2-4-8-18/h2-9,14,19,23H,10-13,15-16H2,1H3/t19-/m1/s1. The zero-order chi connectivity index (χ0) is 16.8. The van der Waals surface area contributed by atoms with E-state index in [1.54, 1.807) is 0 Å². The molecule has 4 nitrogen and oxygen atoms in total. The number of para-hydroxylation sites is 1. The van der Waals surface area contributed by atoms with Crippen molar-refractivity contribution in [2.24, 2.45) is 0 Å². The molecule has 1 aliphatic rings. The Balaban J connectivity index is 1.41. The Morgan fingerprint density at radius 2 is 1.75 bits per heavy atom. The van der Waals surface area contributed by atoms with E-state index in [2.05, 4.69) is 34.1 Å². The fourth-order valence-corrected chi connectivity index (χ4v) is 3.08. The van der Waals surface area contributed by atoms with Crippen molar-refractivity contribution in [3.8, 4) is 5.75 Å². The summed E-state index contributed by atoms with van der Waals surface area (Å²) in [5, 5.41) is 10.2. The smallest absolute Gasteiger partial charge is 0.119 e. The zero-order valence-electron chi connectivity index (χ0n) is 14.3. The van der Waals surface area contributed by atoms with E-state index in [1.807, 2.05) is 37.3 Å². The van der Waals surface area contributed by atoms with Crippen LogP contribution in [0.3, 0.4) is 0 Å². The van der Waals surface area contributed by atoms with E-state index in [0.29, 0.717) is 13.2 Å². The molecule has 128 valence electrons. The number of aryl methyl sites for hydroxylation is 1. The molecule has 4 heteroatoms. The first-order valence-electron chi connectivity index (χ1n) is 8.60. The highest BCUT2D eigenvalue weighted by molar-refractivity contribution is 5.46. The van der Waals surface area contributed by atoms with Crippen molar-refractivity contribution in [2.45, 2.75) is 13.0 Å². The summed E-state index contributed by atoms with van der Waals surface area (Å²) in [7, 11) is 0. The van der Waals surface area contributed by atoms with Crippen LogP contribution in [0.1, 0.15) is 5.56 Å². The molecule has 0 radical (unpaired) electrons. The predicted molar refractivity (Wildman–Crippen MR) is 97.8 cm³/mol. The van der Waals surface area contributed by atoms with Crippen LogP contribution >= 0.6 is 0 Å². The molecule has 1 heterocycles. The number of β-amino-alcohol motifs (C(OH)–C–C–N with tert-alkyl or cyclic N) is 1. The van der Waals surface area contributed by atoms with Gasteiger partial charge in [-0.2, -0.15) is 0 Å². The number of rotatable bonds is 6. The first kappa shape index (κ1) is 16.8. The van der Waals surface area contributed by atoms with Crippen LogP contribution in [0.4, 0.5) is 5.69 Å². The van der Waals surface area contributed by atoms with Crippen molar-refractivity contribution < 1.29 is 9.84 Å². The van der Waals surface area contributed by atoms with Crippen molar-refractivity contribution in [3.05, 3.63) is 60.2 Å². The summed E-state index contributed by atoms with van der Waals surface area (Å²) in [6.07, 6.45) is -0.464. The largest absolute Gasteiger partial charge is 0.491 e. The molecule has 0 unspecified atom stereocenters. The Morgan fingerprint density at radius 3 is 2.46 bits per heavy atom. The van der Waals surface area contributed by atoms with E-state index in [0.717, 1.165) is 31.9 Å². The third-order valence-corrected chi connectivity index (χ3v) is 4.39. The van der Waals surface area contributed by atoms with Crippen LogP contribution in [-0.4, -0.2) is 55.4 Å². The van der Waals surface area contributed by atoms with Crippen LogP contribution in [0.2, 0.25) is 0 Å². The summed E-state index contributed by atoms with van der Waals surface area (Å²) < 4.78 is 5.69. The molecule has 1 aliphatic heterocycles. The lowest BCUT2D eigenvalue weighted by molar-refractivity contribution is 0.0663. The average molecular weight is 326 g/mol. The van der Waals surface area contributed by atoms with Crippen molar-refractivity contribution >= 4 is 5.69 Å². The second-order valence-electron chi connectivity index (χ2n) is 6.40. The first-order chi connectivity index (χ1) is 11.7. The number of aliphatic hydroxyl groups is 1. The average Bonchev–Trinajstić information content (AvgIpc) is 2.61. The van der Waals surface area contributed by atoms with Crippen LogP contribution in [-0.2, 0) is 0 Å². The fraction of sp³-hybridized carbons (Fsp3) is 0.400. The van der Waals surface area contributed by atoms with Crippen LogP contribution in [0.15, 0.2) is 54.6 Å². The highest BCUT2D eigenvalue weighted by atomic mass is 16.5. The van der Waals surface area contributed by atoms with Gasteiger partial charge in [-0.15, -0.1) is 0 Å². The molecule has 1 atom stereocenters. The normalized spacial score (nSPS) is 16.8. The van der Waals surface area contributed by atoms with E-state index in [-0.39, 0.29) is 0 Å². The van der Waals surface area contributed by atoms with Gasteiger partial charge in [-0.3, -0.25) is 4.90 Å². The molecule has 0 aromatic heterocycles. The third kappa shape index (κ3) is 4.73. The summed E-state index contributed by atoms with van der Waals surface area (Å²) in [5.41, 5.74) is 2.44. The van der Waals surface area contributed by atoms with E-state index in [4.69, 9.17) is 4.74 Å². The van der Waals surface area contributed by atoms with Gasteiger partial charge >= 0.3 is 0 Å². The van der Waals surface area contributed by atoms with Crippen molar-refractivity contribution in [3.63, 3.8) is 0 Å². The maximum Gasteiger partial charge on any atom is 0.119 e. The number of hydrogen-bond donors (Lipinski definition) is 1. The van der Waals surface area contributed by atoms with E-state index in [1.165, 1.54) is 11.3 Å². The van der Waals surface area contributed by atoms with Crippen LogP contribution in [0, 0.1) is 6.92 Å². The Kier molecular flexibility index (Phi) is 5.72. The lowest BCUT2D eigenvalue weighted by atomic mass is 10.2. The predicted octanol–water partition coefficient (Wildman–Crippen LogP) is 2.56. The molecule has 1 N–H and O–H groups in total. The lowest BCUT2D eigenvalue weighted by Crippen LogP contribution is -2.49. The van der Waals surface area contributed by atoms with Crippen molar-refractivity contribution in [1.82, 2.24) is 4.90 Å². The molecular weight excluding hydrogens is 300 g/mol. The Morgan fingerprint density at radius 1 is 1.00 bits per heavy atom. The van der Waals surface area contributed by atoms with Crippen LogP contribution in [0.25, 0.3) is 0 Å². The highest BCUT2D eigenvalue weighted by Gasteiger charge is 2.19. The van der Waals surface area contributed by atoms with Gasteiger partial charge in [0.1, 0.15) is 18.5 Å². The number of benzene rings is 2. The van der Waals surface area contributed by atoms with Gasteiger partial charge in [-0.1, -0.05) is 30.3 Å². The number of aliphatic hydroxyl groups excluding tert-OH is 1. The molecule has 0 bridgehead atoms. The van der Waals surface area contributed by atoms with Gasteiger partial charge in [0.2, 0.25) is 0 Å². The highest BCUT2D eigenvalue weighted by Crippen LogP contribution is 2.16. The topological polar surface area (TPSA) is 35.9 Å². The summed E-state index contributed by atoms with van der Waals surface area (Å²) in [5.74, 6) is 0.822. The molecule has 1 saturated heterocycles. The molecule has 0 aliphatic carbocycles. The molecule has 0 amide bonds. The van der Waals surface area contributed by atoms with Gasteiger partial charge in [0, 0.05) is 38.4 Å². The molecule has 2 aromatic carbocycles. The monoisotopic (exact) mass is 326 g/mol. The summed E-state index contributed by atoms with van der Waals surface area (Å²) in [4.78, 5) is 4.70. The Bertz CT molecular complexity index is 625. The fourth-order valence-electron chi connectivity index (χ4n) is 3.08. The number of hydrogen-bond acceptors (Lipinski definition) is 4. The molecule has 0 saturated carbocycles. The molecule has 24 heavy (non-hydrogen) atoms. The van der Waals surface area contributed by atoms with E-state index < -0.39 is 6.10 Å². The minimum Gasteiger partial charge on any atom is -0.491 e. The zero-order valence-corrected chi connectivity index (χ0v) is 14.3. The second kappa shape index (κ2) is 8.18. The van der Waals surface area contributed by atoms with Crippen molar-refractivity contribution in [2.75, 3.05) is 44.2 Å². The van der Waals surface area contributed by atoms with Crippen LogP contribution < -0.4 is 9.64 Å². The van der Waals surface area contributed by atoms with E-state index in [9.17, 15) is 5.11 Å². The van der Waals surface area contributed by atoms with Gasteiger partial charge in [-0.25, -0.2) is 0 Å². The van der Waals surface area contributed by atoms with Crippen LogP contribution in [0.5, 0.6) is 5.75 Å². The number of ether oxygens (including phenoxy) is 1. The SMILES string of the molecule is Cc1cccc(OC[C@H](O)CN2CCN(c3ccccc3)CC2)c1. The van der Waals surface area contributed by atoms with Gasteiger partial charge in [0.15, 0.2) is 0 Å². The molecule has 1 fully saturated rings. The Hall–Kier alpha value is -2.04.